The quantitative estimate of drug-likeness (QED) is 0.687. The van der Waals surface area contributed by atoms with E-state index in [1.54, 1.807) is 0 Å². The van der Waals surface area contributed by atoms with E-state index in [2.05, 4.69) is 19.2 Å². The minimum absolute atomic E-state index is 0.170. The fourth-order valence-electron chi connectivity index (χ4n) is 2.79. The summed E-state index contributed by atoms with van der Waals surface area (Å²) in [5, 5.41) is 3.19. The number of nitrogens with two attached hydrogens (primary N) is 1. The molecule has 2 unspecified atom stereocenters. The molecule has 17 heavy (non-hydrogen) atoms. The van der Waals surface area contributed by atoms with Crippen LogP contribution in [0.15, 0.2) is 0 Å². The number of likely N-dealkylation sites (N-methyl/N-ethyl adjacent to an activating group) is 1. The fourth-order valence-corrected chi connectivity index (χ4v) is 3.88. The molecule has 0 radical (unpaired) electrons. The maximum atomic E-state index is 11.7. The summed E-state index contributed by atoms with van der Waals surface area (Å²) in [6, 6.07) is 0. The van der Waals surface area contributed by atoms with Crippen molar-refractivity contribution in [2.75, 3.05) is 18.6 Å². The summed E-state index contributed by atoms with van der Waals surface area (Å²) in [6.45, 7) is 4.48. The molecule has 1 fully saturated rings. The number of hydrogen-bond acceptors (Lipinski definition) is 3. The predicted octanol–water partition coefficient (Wildman–Crippen LogP) is 2.01. The Bertz CT molecular complexity index is 258. The SMILES string of the molecule is CNC1(C(N)=O)CCCC1CCSCC(C)C. The Morgan fingerprint density at radius 1 is 1.59 bits per heavy atom. The monoisotopic (exact) mass is 258 g/mol. The Hall–Kier alpha value is -0.220. The number of rotatable bonds is 7. The molecule has 1 rings (SSSR count). The third-order valence-electron chi connectivity index (χ3n) is 3.77. The molecule has 2 atom stereocenters. The highest BCUT2D eigenvalue weighted by molar-refractivity contribution is 7.99. The maximum Gasteiger partial charge on any atom is 0.238 e. The van der Waals surface area contributed by atoms with E-state index in [0.29, 0.717) is 5.92 Å². The van der Waals surface area contributed by atoms with Crippen LogP contribution in [-0.2, 0) is 4.79 Å². The van der Waals surface area contributed by atoms with Gasteiger partial charge in [0.05, 0.1) is 0 Å². The van der Waals surface area contributed by atoms with E-state index >= 15 is 0 Å². The van der Waals surface area contributed by atoms with E-state index in [9.17, 15) is 4.79 Å². The van der Waals surface area contributed by atoms with Crippen LogP contribution in [0.4, 0.5) is 0 Å². The van der Waals surface area contributed by atoms with Crippen molar-refractivity contribution >= 4 is 17.7 Å². The van der Waals surface area contributed by atoms with Gasteiger partial charge in [0.25, 0.3) is 0 Å². The first-order valence-electron chi connectivity index (χ1n) is 6.59. The molecule has 3 nitrogen and oxygen atoms in total. The highest BCUT2D eigenvalue weighted by atomic mass is 32.2. The smallest absolute Gasteiger partial charge is 0.238 e. The zero-order valence-electron chi connectivity index (χ0n) is 11.3. The summed E-state index contributed by atoms with van der Waals surface area (Å²) in [7, 11) is 1.87. The van der Waals surface area contributed by atoms with Crippen LogP contribution in [-0.4, -0.2) is 30.0 Å². The lowest BCUT2D eigenvalue weighted by Gasteiger charge is -2.32. The molecule has 1 aliphatic carbocycles. The number of primary amides is 1. The Balaban J connectivity index is 2.43. The van der Waals surface area contributed by atoms with Crippen molar-refractivity contribution in [1.82, 2.24) is 5.32 Å². The molecule has 0 bridgehead atoms. The van der Waals surface area contributed by atoms with Crippen molar-refractivity contribution in [3.8, 4) is 0 Å². The molecule has 0 aromatic rings. The van der Waals surface area contributed by atoms with E-state index in [1.165, 1.54) is 5.75 Å². The first kappa shape index (κ1) is 14.8. The number of carbonyl (C=O) groups is 1. The minimum Gasteiger partial charge on any atom is -0.368 e. The van der Waals surface area contributed by atoms with Gasteiger partial charge < -0.3 is 11.1 Å². The van der Waals surface area contributed by atoms with Gasteiger partial charge in [-0.1, -0.05) is 20.3 Å². The minimum atomic E-state index is -0.432. The number of nitrogens with one attached hydrogen (secondary N) is 1. The predicted molar refractivity (Wildman–Crippen MR) is 75.1 cm³/mol. The highest BCUT2D eigenvalue weighted by Crippen LogP contribution is 2.38. The van der Waals surface area contributed by atoms with Crippen LogP contribution >= 0.6 is 11.8 Å². The van der Waals surface area contributed by atoms with Crippen LogP contribution < -0.4 is 11.1 Å². The van der Waals surface area contributed by atoms with Crippen LogP contribution in [0.25, 0.3) is 0 Å². The van der Waals surface area contributed by atoms with Crippen molar-refractivity contribution < 1.29 is 4.79 Å². The molecule has 1 saturated carbocycles. The lowest BCUT2D eigenvalue weighted by Crippen LogP contribution is -2.56. The van der Waals surface area contributed by atoms with Gasteiger partial charge in [-0.3, -0.25) is 4.79 Å². The normalized spacial score (nSPS) is 28.8. The Labute approximate surface area is 109 Å². The molecular weight excluding hydrogens is 232 g/mol. The summed E-state index contributed by atoms with van der Waals surface area (Å²) in [5.74, 6) is 3.34. The zero-order chi connectivity index (χ0) is 12.9. The number of amides is 1. The van der Waals surface area contributed by atoms with E-state index in [1.807, 2.05) is 18.8 Å². The van der Waals surface area contributed by atoms with E-state index in [4.69, 9.17) is 5.73 Å². The average molecular weight is 258 g/mol. The Kier molecular flexibility index (Phi) is 5.80. The van der Waals surface area contributed by atoms with Gasteiger partial charge in [0, 0.05) is 0 Å². The molecule has 1 aliphatic rings. The third-order valence-corrected chi connectivity index (χ3v) is 5.20. The molecule has 4 heteroatoms. The molecule has 0 aromatic carbocycles. The van der Waals surface area contributed by atoms with Crippen molar-refractivity contribution in [3.05, 3.63) is 0 Å². The summed E-state index contributed by atoms with van der Waals surface area (Å²) < 4.78 is 0. The van der Waals surface area contributed by atoms with Crippen LogP contribution in [0.1, 0.15) is 39.5 Å². The third kappa shape index (κ3) is 3.62. The second-order valence-electron chi connectivity index (χ2n) is 5.43. The first-order chi connectivity index (χ1) is 8.03. The number of hydrogen-bond donors (Lipinski definition) is 2. The number of thioether (sulfide) groups is 1. The van der Waals surface area contributed by atoms with Crippen molar-refractivity contribution in [2.45, 2.75) is 45.1 Å². The molecule has 0 spiro atoms. The fraction of sp³-hybridized carbons (Fsp3) is 0.923. The van der Waals surface area contributed by atoms with Crippen molar-refractivity contribution in [3.63, 3.8) is 0 Å². The second-order valence-corrected chi connectivity index (χ2v) is 6.58. The van der Waals surface area contributed by atoms with Gasteiger partial charge in [-0.05, 0) is 49.7 Å². The van der Waals surface area contributed by atoms with E-state index in [0.717, 1.165) is 37.4 Å². The molecule has 0 aromatic heterocycles. The van der Waals surface area contributed by atoms with Crippen LogP contribution in [0.5, 0.6) is 0 Å². The van der Waals surface area contributed by atoms with Crippen molar-refractivity contribution in [2.24, 2.45) is 17.6 Å². The largest absolute Gasteiger partial charge is 0.368 e. The maximum absolute atomic E-state index is 11.7. The molecule has 0 saturated heterocycles. The molecule has 1 amide bonds. The second kappa shape index (κ2) is 6.64. The molecule has 0 heterocycles. The molecule has 0 aliphatic heterocycles. The zero-order valence-corrected chi connectivity index (χ0v) is 12.1. The summed E-state index contributed by atoms with van der Waals surface area (Å²) in [6.07, 6.45) is 4.24. The topological polar surface area (TPSA) is 55.1 Å². The van der Waals surface area contributed by atoms with Gasteiger partial charge >= 0.3 is 0 Å². The summed E-state index contributed by atoms with van der Waals surface area (Å²) in [5.41, 5.74) is 5.15. The van der Waals surface area contributed by atoms with Gasteiger partial charge in [0.15, 0.2) is 0 Å². The summed E-state index contributed by atoms with van der Waals surface area (Å²) >= 11 is 1.99. The lowest BCUT2D eigenvalue weighted by molar-refractivity contribution is -0.125. The average Bonchev–Trinajstić information content (AvgIpc) is 2.68. The van der Waals surface area contributed by atoms with Crippen LogP contribution in [0.3, 0.4) is 0 Å². The van der Waals surface area contributed by atoms with Gasteiger partial charge in [0.1, 0.15) is 5.54 Å². The molecular formula is C13H26N2OS. The van der Waals surface area contributed by atoms with E-state index in [-0.39, 0.29) is 5.91 Å². The molecule has 3 N–H and O–H groups in total. The Morgan fingerprint density at radius 2 is 2.29 bits per heavy atom. The number of carbonyl (C=O) groups excluding carboxylic acids is 1. The summed E-state index contributed by atoms with van der Waals surface area (Å²) in [4.78, 5) is 11.7. The van der Waals surface area contributed by atoms with Crippen LogP contribution in [0, 0.1) is 11.8 Å². The van der Waals surface area contributed by atoms with Gasteiger partial charge in [0.2, 0.25) is 5.91 Å². The van der Waals surface area contributed by atoms with Gasteiger partial charge in [-0.15, -0.1) is 0 Å². The first-order valence-corrected chi connectivity index (χ1v) is 7.75. The van der Waals surface area contributed by atoms with E-state index < -0.39 is 5.54 Å². The lowest BCUT2D eigenvalue weighted by atomic mass is 9.84. The van der Waals surface area contributed by atoms with Crippen molar-refractivity contribution in [1.29, 1.82) is 0 Å². The van der Waals surface area contributed by atoms with Gasteiger partial charge in [-0.2, -0.15) is 11.8 Å². The highest BCUT2D eigenvalue weighted by Gasteiger charge is 2.45. The van der Waals surface area contributed by atoms with Crippen LogP contribution in [0.2, 0.25) is 0 Å². The van der Waals surface area contributed by atoms with Gasteiger partial charge in [-0.25, -0.2) is 0 Å². The Morgan fingerprint density at radius 3 is 2.82 bits per heavy atom. The standard InChI is InChI=1S/C13H26N2OS/c1-10(2)9-17-8-6-11-5-4-7-13(11,15-3)12(14)16/h10-11,15H,4-9H2,1-3H3,(H2,14,16). The molecule has 100 valence electrons.